The zero-order valence-electron chi connectivity index (χ0n) is 12.2. The fourth-order valence-electron chi connectivity index (χ4n) is 1.90. The molecule has 0 atom stereocenters. The number of nitrogens with one attached hydrogen (secondary N) is 2. The van der Waals surface area contributed by atoms with Crippen molar-refractivity contribution >= 4 is 40.4 Å². The molecule has 1 aromatic heterocycles. The van der Waals surface area contributed by atoms with Crippen molar-refractivity contribution in [2.24, 2.45) is 0 Å². The Morgan fingerprint density at radius 1 is 1.23 bits per heavy atom. The lowest BCUT2D eigenvalue weighted by Gasteiger charge is -2.09. The van der Waals surface area contributed by atoms with Gasteiger partial charge < -0.3 is 10.6 Å². The second-order valence-electron chi connectivity index (χ2n) is 4.80. The van der Waals surface area contributed by atoms with Crippen LogP contribution in [0.3, 0.4) is 0 Å². The Kier molecular flexibility index (Phi) is 5.98. The number of hydrogen-bond acceptors (Lipinski definition) is 3. The molecule has 0 saturated carbocycles. The van der Waals surface area contributed by atoms with E-state index in [0.29, 0.717) is 29.3 Å². The summed E-state index contributed by atoms with van der Waals surface area (Å²) in [6.07, 6.45) is 0.930. The van der Waals surface area contributed by atoms with Crippen LogP contribution in [0.4, 0.5) is 5.69 Å². The predicted molar refractivity (Wildman–Crippen MR) is 90.7 cm³/mol. The number of carbonyl (C=O) groups is 2. The lowest BCUT2D eigenvalue weighted by molar-refractivity contribution is -0.116. The topological polar surface area (TPSA) is 58.2 Å². The number of carbonyl (C=O) groups excluding carboxylic acids is 2. The molecule has 0 radical (unpaired) electrons. The van der Waals surface area contributed by atoms with Crippen LogP contribution in [-0.4, -0.2) is 18.4 Å². The molecule has 2 aromatic rings. The lowest BCUT2D eigenvalue weighted by atomic mass is 10.2. The lowest BCUT2D eigenvalue weighted by Crippen LogP contribution is -2.24. The van der Waals surface area contributed by atoms with Crippen molar-refractivity contribution in [1.82, 2.24) is 5.32 Å². The number of halogens is 1. The van der Waals surface area contributed by atoms with E-state index in [1.165, 1.54) is 11.3 Å². The standard InChI is InChI=1S/C16H17ClN2O2S/c1-11-12(17)5-2-6-13(11)19-15(20)8-3-9-18-16(21)14-7-4-10-22-14/h2,4-7,10H,3,8-9H2,1H3,(H,18,21)(H,19,20). The summed E-state index contributed by atoms with van der Waals surface area (Å²) in [4.78, 5) is 24.3. The van der Waals surface area contributed by atoms with Gasteiger partial charge in [-0.15, -0.1) is 11.3 Å². The summed E-state index contributed by atoms with van der Waals surface area (Å²) in [5.41, 5.74) is 1.57. The zero-order chi connectivity index (χ0) is 15.9. The number of thiophene rings is 1. The van der Waals surface area contributed by atoms with E-state index in [9.17, 15) is 9.59 Å². The third-order valence-electron chi connectivity index (χ3n) is 3.15. The van der Waals surface area contributed by atoms with Gasteiger partial charge >= 0.3 is 0 Å². The Balaban J connectivity index is 1.72. The van der Waals surface area contributed by atoms with E-state index < -0.39 is 0 Å². The highest BCUT2D eigenvalue weighted by atomic mass is 35.5. The molecule has 0 aliphatic rings. The van der Waals surface area contributed by atoms with Crippen molar-refractivity contribution < 1.29 is 9.59 Å². The quantitative estimate of drug-likeness (QED) is 0.787. The molecule has 22 heavy (non-hydrogen) atoms. The van der Waals surface area contributed by atoms with E-state index >= 15 is 0 Å². The van der Waals surface area contributed by atoms with E-state index in [-0.39, 0.29) is 11.8 Å². The van der Waals surface area contributed by atoms with Gasteiger partial charge in [0.15, 0.2) is 0 Å². The fraction of sp³-hybridized carbons (Fsp3) is 0.250. The predicted octanol–water partition coefficient (Wildman–Crippen LogP) is 3.86. The highest BCUT2D eigenvalue weighted by molar-refractivity contribution is 7.12. The van der Waals surface area contributed by atoms with Crippen LogP contribution in [0.25, 0.3) is 0 Å². The Morgan fingerprint density at radius 2 is 2.05 bits per heavy atom. The second kappa shape index (κ2) is 7.96. The molecular weight excluding hydrogens is 320 g/mol. The minimum Gasteiger partial charge on any atom is -0.351 e. The van der Waals surface area contributed by atoms with Gasteiger partial charge in [-0.25, -0.2) is 0 Å². The van der Waals surface area contributed by atoms with Crippen LogP contribution < -0.4 is 10.6 Å². The summed E-state index contributed by atoms with van der Waals surface area (Å²) >= 11 is 7.41. The average molecular weight is 337 g/mol. The number of hydrogen-bond donors (Lipinski definition) is 2. The SMILES string of the molecule is Cc1c(Cl)cccc1NC(=O)CCCNC(=O)c1cccs1. The maximum absolute atomic E-state index is 11.9. The monoisotopic (exact) mass is 336 g/mol. The first kappa shape index (κ1) is 16.5. The van der Waals surface area contributed by atoms with Crippen LogP contribution in [-0.2, 0) is 4.79 Å². The molecule has 2 amide bonds. The summed E-state index contributed by atoms with van der Waals surface area (Å²) in [6.45, 7) is 2.33. The molecule has 0 aliphatic heterocycles. The molecule has 2 N–H and O–H groups in total. The first-order chi connectivity index (χ1) is 10.6. The van der Waals surface area contributed by atoms with Crippen LogP contribution in [0.1, 0.15) is 28.1 Å². The minimum absolute atomic E-state index is 0.0873. The van der Waals surface area contributed by atoms with Gasteiger partial charge in [0.1, 0.15) is 0 Å². The summed E-state index contributed by atoms with van der Waals surface area (Å²) in [5, 5.41) is 8.11. The Hall–Kier alpha value is -1.85. The van der Waals surface area contributed by atoms with Gasteiger partial charge in [0.2, 0.25) is 5.91 Å². The van der Waals surface area contributed by atoms with Crippen molar-refractivity contribution in [3.63, 3.8) is 0 Å². The van der Waals surface area contributed by atoms with Crippen molar-refractivity contribution in [2.45, 2.75) is 19.8 Å². The van der Waals surface area contributed by atoms with Gasteiger partial charge in [-0.3, -0.25) is 9.59 Å². The van der Waals surface area contributed by atoms with E-state index in [1.54, 1.807) is 18.2 Å². The van der Waals surface area contributed by atoms with Crippen LogP contribution >= 0.6 is 22.9 Å². The summed E-state index contributed by atoms with van der Waals surface area (Å²) in [6, 6.07) is 9.01. The molecule has 0 unspecified atom stereocenters. The first-order valence-electron chi connectivity index (χ1n) is 6.94. The molecule has 0 spiro atoms. The van der Waals surface area contributed by atoms with E-state index in [1.807, 2.05) is 24.4 Å². The molecule has 6 heteroatoms. The van der Waals surface area contributed by atoms with Crippen molar-refractivity contribution in [1.29, 1.82) is 0 Å². The van der Waals surface area contributed by atoms with E-state index in [4.69, 9.17) is 11.6 Å². The normalized spacial score (nSPS) is 10.3. The molecule has 116 valence electrons. The Morgan fingerprint density at radius 3 is 2.77 bits per heavy atom. The van der Waals surface area contributed by atoms with Crippen LogP contribution in [0.5, 0.6) is 0 Å². The molecule has 1 aromatic carbocycles. The third-order valence-corrected chi connectivity index (χ3v) is 4.43. The van der Waals surface area contributed by atoms with E-state index in [2.05, 4.69) is 10.6 Å². The van der Waals surface area contributed by atoms with Crippen molar-refractivity contribution in [3.05, 3.63) is 51.2 Å². The van der Waals surface area contributed by atoms with Gasteiger partial charge in [0, 0.05) is 23.7 Å². The average Bonchev–Trinajstić information content (AvgIpc) is 3.02. The van der Waals surface area contributed by atoms with Crippen molar-refractivity contribution in [2.75, 3.05) is 11.9 Å². The van der Waals surface area contributed by atoms with Crippen molar-refractivity contribution in [3.8, 4) is 0 Å². The molecule has 0 bridgehead atoms. The molecule has 0 aliphatic carbocycles. The number of benzene rings is 1. The molecule has 0 saturated heterocycles. The van der Waals surface area contributed by atoms with E-state index in [0.717, 1.165) is 11.3 Å². The summed E-state index contributed by atoms with van der Waals surface area (Å²) in [5.74, 6) is -0.183. The molecule has 4 nitrogen and oxygen atoms in total. The molecule has 2 rings (SSSR count). The third kappa shape index (κ3) is 4.58. The minimum atomic E-state index is -0.0962. The van der Waals surface area contributed by atoms with Gasteiger partial charge in [-0.1, -0.05) is 23.7 Å². The highest BCUT2D eigenvalue weighted by Crippen LogP contribution is 2.23. The maximum atomic E-state index is 11.9. The molecular formula is C16H17ClN2O2S. The summed E-state index contributed by atoms with van der Waals surface area (Å²) in [7, 11) is 0. The number of amides is 2. The van der Waals surface area contributed by atoms with Crippen LogP contribution in [0.2, 0.25) is 5.02 Å². The van der Waals surface area contributed by atoms with Crippen LogP contribution in [0.15, 0.2) is 35.7 Å². The fourth-order valence-corrected chi connectivity index (χ4v) is 2.72. The molecule has 0 fully saturated rings. The van der Waals surface area contributed by atoms with Gasteiger partial charge in [0.25, 0.3) is 5.91 Å². The first-order valence-corrected chi connectivity index (χ1v) is 8.20. The van der Waals surface area contributed by atoms with Gasteiger partial charge in [-0.2, -0.15) is 0 Å². The maximum Gasteiger partial charge on any atom is 0.261 e. The van der Waals surface area contributed by atoms with Crippen LogP contribution in [0, 0.1) is 6.92 Å². The smallest absolute Gasteiger partial charge is 0.261 e. The highest BCUT2D eigenvalue weighted by Gasteiger charge is 2.08. The molecule has 1 heterocycles. The number of anilines is 1. The summed E-state index contributed by atoms with van der Waals surface area (Å²) < 4.78 is 0. The van der Waals surface area contributed by atoms with Gasteiger partial charge in [0.05, 0.1) is 4.88 Å². The largest absolute Gasteiger partial charge is 0.351 e. The number of rotatable bonds is 6. The Bertz CT molecular complexity index is 656. The Labute approximate surface area is 138 Å². The van der Waals surface area contributed by atoms with Gasteiger partial charge in [-0.05, 0) is 42.5 Å². The second-order valence-corrected chi connectivity index (χ2v) is 6.15. The zero-order valence-corrected chi connectivity index (χ0v) is 13.8.